The second kappa shape index (κ2) is 7.07. The third kappa shape index (κ3) is 3.72. The summed E-state index contributed by atoms with van der Waals surface area (Å²) in [6.07, 6.45) is 4.56. The number of rotatable bonds is 6. The fourth-order valence-electron chi connectivity index (χ4n) is 2.80. The van der Waals surface area contributed by atoms with Gasteiger partial charge in [-0.1, -0.05) is 33.6 Å². The van der Waals surface area contributed by atoms with Crippen LogP contribution in [0.1, 0.15) is 59.3 Å². The topological polar surface area (TPSA) is 92.4 Å². The average Bonchev–Trinajstić information content (AvgIpc) is 2.46. The van der Waals surface area contributed by atoms with Crippen molar-refractivity contribution in [3.8, 4) is 0 Å². The molecule has 5 heteroatoms. The zero-order valence-electron chi connectivity index (χ0n) is 12.8. The second-order valence-electron chi connectivity index (χ2n) is 6.14. The van der Waals surface area contributed by atoms with Gasteiger partial charge in [-0.15, -0.1) is 0 Å². The smallest absolute Gasteiger partial charge is 0.329 e. The molecule has 1 aliphatic rings. The average molecular weight is 284 g/mol. The van der Waals surface area contributed by atoms with E-state index in [1.807, 2.05) is 13.8 Å². The van der Waals surface area contributed by atoms with Crippen molar-refractivity contribution in [1.82, 2.24) is 5.32 Å². The van der Waals surface area contributed by atoms with Crippen LogP contribution in [0.25, 0.3) is 0 Å². The summed E-state index contributed by atoms with van der Waals surface area (Å²) in [5.74, 6) is -0.649. The molecule has 20 heavy (non-hydrogen) atoms. The van der Waals surface area contributed by atoms with Gasteiger partial charge in [0.1, 0.15) is 5.54 Å². The summed E-state index contributed by atoms with van der Waals surface area (Å²) < 4.78 is 0. The third-order valence-corrected chi connectivity index (χ3v) is 4.87. The minimum Gasteiger partial charge on any atom is -0.480 e. The first-order chi connectivity index (χ1) is 9.36. The van der Waals surface area contributed by atoms with E-state index in [1.54, 1.807) is 0 Å². The maximum atomic E-state index is 12.2. The Hall–Kier alpha value is -1.10. The van der Waals surface area contributed by atoms with Crippen LogP contribution < -0.4 is 11.1 Å². The summed E-state index contributed by atoms with van der Waals surface area (Å²) in [5.41, 5.74) is 4.78. The number of carbonyl (C=O) groups is 2. The zero-order chi connectivity index (χ0) is 15.3. The fourth-order valence-corrected chi connectivity index (χ4v) is 2.80. The molecule has 4 N–H and O–H groups in total. The summed E-state index contributed by atoms with van der Waals surface area (Å²) in [7, 11) is 0. The van der Waals surface area contributed by atoms with E-state index in [4.69, 9.17) is 5.73 Å². The molecule has 0 heterocycles. The Kier molecular flexibility index (Phi) is 5.99. The zero-order valence-corrected chi connectivity index (χ0v) is 12.8. The molecule has 0 aromatic heterocycles. The van der Waals surface area contributed by atoms with Crippen LogP contribution >= 0.6 is 0 Å². The molecule has 1 saturated carbocycles. The first-order valence-electron chi connectivity index (χ1n) is 7.67. The Labute approximate surface area is 121 Å². The summed E-state index contributed by atoms with van der Waals surface area (Å²) in [4.78, 5) is 23.8. The molecule has 1 fully saturated rings. The SMILES string of the molecule is CCC1CCC(NC(=O)[C@@H](N)C(C)CC)(C(=O)O)CC1. The second-order valence-corrected chi connectivity index (χ2v) is 6.14. The van der Waals surface area contributed by atoms with Crippen LogP contribution in [-0.4, -0.2) is 28.6 Å². The van der Waals surface area contributed by atoms with Gasteiger partial charge in [-0.3, -0.25) is 4.79 Å². The highest BCUT2D eigenvalue weighted by Crippen LogP contribution is 2.34. The molecule has 0 bridgehead atoms. The van der Waals surface area contributed by atoms with Crippen LogP contribution in [0, 0.1) is 11.8 Å². The van der Waals surface area contributed by atoms with Gasteiger partial charge in [0.15, 0.2) is 0 Å². The highest BCUT2D eigenvalue weighted by atomic mass is 16.4. The lowest BCUT2D eigenvalue weighted by Gasteiger charge is -2.38. The minimum absolute atomic E-state index is 0.0489. The lowest BCUT2D eigenvalue weighted by atomic mass is 9.75. The molecular formula is C15H28N2O3. The number of carboxylic acid groups (broad SMARTS) is 1. The highest BCUT2D eigenvalue weighted by Gasteiger charge is 2.43. The number of hydrogen-bond donors (Lipinski definition) is 3. The maximum absolute atomic E-state index is 12.2. The third-order valence-electron chi connectivity index (χ3n) is 4.87. The van der Waals surface area contributed by atoms with Gasteiger partial charge in [0.2, 0.25) is 5.91 Å². The van der Waals surface area contributed by atoms with Crippen molar-refractivity contribution in [3.63, 3.8) is 0 Å². The van der Waals surface area contributed by atoms with Gasteiger partial charge in [-0.05, 0) is 37.5 Å². The number of amides is 1. The largest absolute Gasteiger partial charge is 0.480 e. The van der Waals surface area contributed by atoms with Gasteiger partial charge in [0.05, 0.1) is 6.04 Å². The van der Waals surface area contributed by atoms with Crippen molar-refractivity contribution < 1.29 is 14.7 Å². The summed E-state index contributed by atoms with van der Waals surface area (Å²) in [6, 6.07) is -0.639. The van der Waals surface area contributed by atoms with E-state index in [2.05, 4.69) is 12.2 Å². The molecule has 0 spiro atoms. The lowest BCUT2D eigenvalue weighted by Crippen LogP contribution is -2.60. The summed E-state index contributed by atoms with van der Waals surface area (Å²) >= 11 is 0. The maximum Gasteiger partial charge on any atom is 0.329 e. The van der Waals surface area contributed by atoms with Crippen molar-refractivity contribution in [2.24, 2.45) is 17.6 Å². The first-order valence-corrected chi connectivity index (χ1v) is 7.67. The van der Waals surface area contributed by atoms with Crippen molar-refractivity contribution in [3.05, 3.63) is 0 Å². The lowest BCUT2D eigenvalue weighted by molar-refractivity contribution is -0.150. The van der Waals surface area contributed by atoms with E-state index < -0.39 is 17.6 Å². The quantitative estimate of drug-likeness (QED) is 0.694. The minimum atomic E-state index is -1.12. The summed E-state index contributed by atoms with van der Waals surface area (Å²) in [6.45, 7) is 6.00. The molecule has 0 aromatic rings. The Morgan fingerprint density at radius 2 is 1.90 bits per heavy atom. The van der Waals surface area contributed by atoms with E-state index in [0.29, 0.717) is 18.8 Å². The standard InChI is InChI=1S/C15H28N2O3/c1-4-10(3)12(16)13(18)17-15(14(19)20)8-6-11(5-2)7-9-15/h10-12H,4-9,16H2,1-3H3,(H,17,18)(H,19,20)/t10?,11?,12-,15?/m0/s1. The van der Waals surface area contributed by atoms with Crippen LogP contribution in [0.5, 0.6) is 0 Å². The van der Waals surface area contributed by atoms with Crippen LogP contribution in [0.2, 0.25) is 0 Å². The van der Waals surface area contributed by atoms with E-state index in [-0.39, 0.29) is 11.8 Å². The van der Waals surface area contributed by atoms with E-state index in [1.165, 1.54) is 0 Å². The molecular weight excluding hydrogens is 256 g/mol. The van der Waals surface area contributed by atoms with Crippen LogP contribution in [-0.2, 0) is 9.59 Å². The Bertz CT molecular complexity index is 349. The molecule has 0 radical (unpaired) electrons. The van der Waals surface area contributed by atoms with Gasteiger partial charge in [0, 0.05) is 0 Å². The molecule has 2 atom stereocenters. The molecule has 1 unspecified atom stereocenters. The predicted octanol–water partition coefficient (Wildman–Crippen LogP) is 1.90. The van der Waals surface area contributed by atoms with Gasteiger partial charge in [-0.2, -0.15) is 0 Å². The molecule has 0 saturated heterocycles. The molecule has 1 rings (SSSR count). The van der Waals surface area contributed by atoms with E-state index in [0.717, 1.165) is 25.7 Å². The molecule has 1 amide bonds. The number of carbonyl (C=O) groups excluding carboxylic acids is 1. The number of nitrogens with one attached hydrogen (secondary N) is 1. The number of hydrogen-bond acceptors (Lipinski definition) is 3. The normalized spacial score (nSPS) is 29.5. The molecule has 0 aromatic carbocycles. The molecule has 1 aliphatic carbocycles. The van der Waals surface area contributed by atoms with Crippen LogP contribution in [0.15, 0.2) is 0 Å². The molecule has 116 valence electrons. The fraction of sp³-hybridized carbons (Fsp3) is 0.867. The monoisotopic (exact) mass is 284 g/mol. The first kappa shape index (κ1) is 17.0. The van der Waals surface area contributed by atoms with Crippen molar-refractivity contribution in [1.29, 1.82) is 0 Å². The van der Waals surface area contributed by atoms with Gasteiger partial charge in [0.25, 0.3) is 0 Å². The van der Waals surface area contributed by atoms with Gasteiger partial charge in [-0.25, -0.2) is 4.79 Å². The molecule has 0 aliphatic heterocycles. The number of aliphatic carboxylic acids is 1. The predicted molar refractivity (Wildman–Crippen MR) is 78.2 cm³/mol. The van der Waals surface area contributed by atoms with Crippen molar-refractivity contribution >= 4 is 11.9 Å². The number of nitrogens with two attached hydrogens (primary N) is 1. The highest BCUT2D eigenvalue weighted by molar-refractivity contribution is 5.89. The van der Waals surface area contributed by atoms with E-state index in [9.17, 15) is 14.7 Å². The Balaban J connectivity index is 2.74. The van der Waals surface area contributed by atoms with Gasteiger partial charge < -0.3 is 16.2 Å². The summed E-state index contributed by atoms with van der Waals surface area (Å²) in [5, 5.41) is 12.2. The number of carboxylic acids is 1. The van der Waals surface area contributed by atoms with Crippen molar-refractivity contribution in [2.45, 2.75) is 70.9 Å². The van der Waals surface area contributed by atoms with Crippen LogP contribution in [0.4, 0.5) is 0 Å². The van der Waals surface area contributed by atoms with Gasteiger partial charge >= 0.3 is 5.97 Å². The van der Waals surface area contributed by atoms with Crippen LogP contribution in [0.3, 0.4) is 0 Å². The Morgan fingerprint density at radius 1 is 1.35 bits per heavy atom. The Morgan fingerprint density at radius 3 is 2.30 bits per heavy atom. The van der Waals surface area contributed by atoms with Crippen molar-refractivity contribution in [2.75, 3.05) is 0 Å². The molecule has 5 nitrogen and oxygen atoms in total. The van der Waals surface area contributed by atoms with E-state index >= 15 is 0 Å².